The molecule has 30 heavy (non-hydrogen) atoms. The highest BCUT2D eigenvalue weighted by atomic mass is 16.5. The van der Waals surface area contributed by atoms with Gasteiger partial charge in [-0.1, -0.05) is 30.3 Å². The highest BCUT2D eigenvalue weighted by Crippen LogP contribution is 2.17. The Morgan fingerprint density at radius 2 is 1.83 bits per heavy atom. The number of hydrogen-bond donors (Lipinski definition) is 3. The molecular weight excluding hydrogens is 378 g/mol. The molecule has 4 N–H and O–H groups in total. The van der Waals surface area contributed by atoms with Gasteiger partial charge in [-0.05, 0) is 64.2 Å². The summed E-state index contributed by atoms with van der Waals surface area (Å²) in [6.07, 6.45) is 5.07. The lowest BCUT2D eigenvalue weighted by Gasteiger charge is -2.30. The summed E-state index contributed by atoms with van der Waals surface area (Å²) in [5, 5.41) is 6.72. The van der Waals surface area contributed by atoms with Crippen molar-refractivity contribution in [3.05, 3.63) is 35.9 Å². The molecule has 0 aliphatic carbocycles. The van der Waals surface area contributed by atoms with Crippen LogP contribution in [-0.4, -0.2) is 63.1 Å². The number of rotatable bonds is 12. The number of nitrogens with two attached hydrogens (primary N) is 1. The van der Waals surface area contributed by atoms with Gasteiger partial charge < -0.3 is 26.0 Å². The summed E-state index contributed by atoms with van der Waals surface area (Å²) >= 11 is 0. The Morgan fingerprint density at radius 3 is 2.47 bits per heavy atom. The number of ether oxygens (including phenoxy) is 1. The van der Waals surface area contributed by atoms with E-state index < -0.39 is 0 Å². The van der Waals surface area contributed by atoms with Gasteiger partial charge in [0.1, 0.15) is 0 Å². The van der Waals surface area contributed by atoms with Crippen molar-refractivity contribution >= 4 is 11.9 Å². The first-order chi connectivity index (χ1) is 14.6. The van der Waals surface area contributed by atoms with Gasteiger partial charge in [-0.15, -0.1) is 0 Å². The molecule has 2 rings (SSSR count). The van der Waals surface area contributed by atoms with E-state index in [1.165, 1.54) is 5.56 Å². The smallest absolute Gasteiger partial charge is 0.220 e. The summed E-state index contributed by atoms with van der Waals surface area (Å²) in [7, 11) is 1.80. The van der Waals surface area contributed by atoms with E-state index in [1.54, 1.807) is 7.05 Å². The van der Waals surface area contributed by atoms with Crippen LogP contribution in [0.1, 0.15) is 50.7 Å². The molecule has 1 atom stereocenters. The second-order valence-electron chi connectivity index (χ2n) is 7.93. The number of aliphatic imine (C=N–C) groups is 1. The van der Waals surface area contributed by atoms with Crippen molar-refractivity contribution in [2.24, 2.45) is 16.6 Å². The largest absolute Gasteiger partial charge is 0.374 e. The number of hydrogen-bond acceptors (Lipinski definition) is 4. The van der Waals surface area contributed by atoms with Crippen molar-refractivity contribution in [2.75, 3.05) is 46.4 Å². The molecule has 0 saturated carbocycles. The lowest BCUT2D eigenvalue weighted by Crippen LogP contribution is -2.40. The van der Waals surface area contributed by atoms with Crippen molar-refractivity contribution in [1.82, 2.24) is 15.5 Å². The van der Waals surface area contributed by atoms with Gasteiger partial charge >= 0.3 is 0 Å². The molecule has 1 heterocycles. The first-order valence-corrected chi connectivity index (χ1v) is 11.2. The minimum absolute atomic E-state index is 0.0734. The average molecular weight is 418 g/mol. The number of nitrogens with one attached hydrogen (secondary N) is 2. The fourth-order valence-corrected chi connectivity index (χ4v) is 3.69. The molecule has 0 spiro atoms. The van der Waals surface area contributed by atoms with Gasteiger partial charge in [0, 0.05) is 32.7 Å². The van der Waals surface area contributed by atoms with Crippen LogP contribution in [0.4, 0.5) is 0 Å². The van der Waals surface area contributed by atoms with Crippen molar-refractivity contribution in [3.8, 4) is 0 Å². The third-order valence-corrected chi connectivity index (χ3v) is 5.66. The number of nitrogens with zero attached hydrogens (tertiary/aromatic N) is 2. The van der Waals surface area contributed by atoms with E-state index >= 15 is 0 Å². The second-order valence-corrected chi connectivity index (χ2v) is 7.93. The molecular formula is C23H39N5O2. The summed E-state index contributed by atoms with van der Waals surface area (Å²) in [6, 6.07) is 10.3. The summed E-state index contributed by atoms with van der Waals surface area (Å²) in [5.41, 5.74) is 6.60. The standard InChI is InChI=1S/C23H39N5O2/c1-19(20-9-4-3-5-10-20)30-18-8-14-27-23(25-2)26-13-6-7-15-28-16-11-21(12-17-28)22(24)29/h3-5,9-10,19,21H,6-8,11-18H2,1-2H3,(H2,24,29)(H2,25,26,27). The maximum atomic E-state index is 11.2. The minimum Gasteiger partial charge on any atom is -0.374 e. The van der Waals surface area contributed by atoms with Crippen LogP contribution in [0.15, 0.2) is 35.3 Å². The summed E-state index contributed by atoms with van der Waals surface area (Å²) < 4.78 is 5.90. The molecule has 168 valence electrons. The summed E-state index contributed by atoms with van der Waals surface area (Å²) in [6.45, 7) is 7.57. The zero-order valence-electron chi connectivity index (χ0n) is 18.6. The van der Waals surface area contributed by atoms with Crippen LogP contribution in [-0.2, 0) is 9.53 Å². The maximum absolute atomic E-state index is 11.2. The van der Waals surface area contributed by atoms with Crippen molar-refractivity contribution in [1.29, 1.82) is 0 Å². The van der Waals surface area contributed by atoms with Crippen LogP contribution in [0.3, 0.4) is 0 Å². The quantitative estimate of drug-likeness (QED) is 0.276. The fourth-order valence-electron chi connectivity index (χ4n) is 3.69. The molecule has 1 aliphatic heterocycles. The molecule has 1 fully saturated rings. The number of likely N-dealkylation sites (tertiary alicyclic amines) is 1. The molecule has 1 unspecified atom stereocenters. The van der Waals surface area contributed by atoms with Crippen LogP contribution in [0.5, 0.6) is 0 Å². The third-order valence-electron chi connectivity index (χ3n) is 5.66. The van der Waals surface area contributed by atoms with E-state index in [0.29, 0.717) is 6.61 Å². The van der Waals surface area contributed by atoms with Gasteiger partial charge in [0.05, 0.1) is 6.10 Å². The van der Waals surface area contributed by atoms with E-state index in [4.69, 9.17) is 10.5 Å². The number of amides is 1. The van der Waals surface area contributed by atoms with Crippen LogP contribution < -0.4 is 16.4 Å². The minimum atomic E-state index is -0.144. The number of benzene rings is 1. The maximum Gasteiger partial charge on any atom is 0.220 e. The van der Waals surface area contributed by atoms with Gasteiger partial charge in [-0.2, -0.15) is 0 Å². The molecule has 0 radical (unpaired) electrons. The Hall–Kier alpha value is -2.12. The number of carbonyl (C=O) groups excluding carboxylic acids is 1. The predicted molar refractivity (Wildman–Crippen MR) is 122 cm³/mol. The SMILES string of the molecule is CN=C(NCCCCN1CCC(C(N)=O)CC1)NCCCOC(C)c1ccccc1. The Kier molecular flexibility index (Phi) is 11.3. The first-order valence-electron chi connectivity index (χ1n) is 11.2. The molecule has 1 aromatic rings. The third kappa shape index (κ3) is 9.13. The average Bonchev–Trinajstić information content (AvgIpc) is 2.78. The number of primary amides is 1. The molecule has 7 nitrogen and oxygen atoms in total. The zero-order chi connectivity index (χ0) is 21.6. The molecule has 0 aromatic heterocycles. The summed E-state index contributed by atoms with van der Waals surface area (Å²) in [5.74, 6) is 0.771. The molecule has 1 saturated heterocycles. The Morgan fingerprint density at radius 1 is 1.17 bits per heavy atom. The first kappa shape index (κ1) is 24.2. The zero-order valence-corrected chi connectivity index (χ0v) is 18.6. The van der Waals surface area contributed by atoms with E-state index in [0.717, 1.165) is 70.8 Å². The lowest BCUT2D eigenvalue weighted by molar-refractivity contribution is -0.123. The van der Waals surface area contributed by atoms with Crippen molar-refractivity contribution < 1.29 is 9.53 Å². The van der Waals surface area contributed by atoms with Gasteiger partial charge in [0.15, 0.2) is 5.96 Å². The van der Waals surface area contributed by atoms with Crippen molar-refractivity contribution in [2.45, 2.75) is 45.1 Å². The monoisotopic (exact) mass is 417 g/mol. The van der Waals surface area contributed by atoms with Gasteiger partial charge in [0.25, 0.3) is 0 Å². The van der Waals surface area contributed by atoms with Gasteiger partial charge in [-0.3, -0.25) is 9.79 Å². The van der Waals surface area contributed by atoms with Gasteiger partial charge in [-0.25, -0.2) is 0 Å². The normalized spacial score (nSPS) is 16.9. The predicted octanol–water partition coefficient (Wildman–Crippen LogP) is 2.30. The van der Waals surface area contributed by atoms with E-state index in [9.17, 15) is 4.79 Å². The summed E-state index contributed by atoms with van der Waals surface area (Å²) in [4.78, 5) is 17.9. The number of unbranched alkanes of at least 4 members (excludes halogenated alkanes) is 1. The van der Waals surface area contributed by atoms with Crippen LogP contribution in [0, 0.1) is 5.92 Å². The number of piperidine rings is 1. The van der Waals surface area contributed by atoms with Crippen LogP contribution in [0.25, 0.3) is 0 Å². The Balaban J connectivity index is 1.47. The topological polar surface area (TPSA) is 92.0 Å². The molecule has 1 aliphatic rings. The molecule has 7 heteroatoms. The van der Waals surface area contributed by atoms with Crippen molar-refractivity contribution in [3.63, 3.8) is 0 Å². The molecule has 0 bridgehead atoms. The Bertz CT molecular complexity index is 630. The second kappa shape index (κ2) is 14.0. The van der Waals surface area contributed by atoms with Gasteiger partial charge in [0.2, 0.25) is 5.91 Å². The highest BCUT2D eigenvalue weighted by Gasteiger charge is 2.22. The number of guanidine groups is 1. The number of carbonyl (C=O) groups is 1. The highest BCUT2D eigenvalue weighted by molar-refractivity contribution is 5.79. The van der Waals surface area contributed by atoms with Crippen LogP contribution in [0.2, 0.25) is 0 Å². The van der Waals surface area contributed by atoms with E-state index in [1.807, 2.05) is 18.2 Å². The lowest BCUT2D eigenvalue weighted by atomic mass is 9.96. The fraction of sp³-hybridized carbons (Fsp3) is 0.652. The van der Waals surface area contributed by atoms with E-state index in [2.05, 4.69) is 39.6 Å². The molecule has 1 aromatic carbocycles. The van der Waals surface area contributed by atoms with Crippen LogP contribution >= 0.6 is 0 Å². The molecule has 1 amide bonds. The Labute approximate surface area is 181 Å². The van der Waals surface area contributed by atoms with E-state index in [-0.39, 0.29) is 17.9 Å².